The highest BCUT2D eigenvalue weighted by Crippen LogP contribution is 3.02. The van der Waals surface area contributed by atoms with Gasteiger partial charge in [0.1, 0.15) is 17.3 Å². The first kappa shape index (κ1) is 24.1. The number of ether oxygens (including phenoxy) is 1. The van der Waals surface area contributed by atoms with Gasteiger partial charge in [0.25, 0.3) is 5.91 Å². The largest absolute Gasteiger partial charge is 0.493 e. The van der Waals surface area contributed by atoms with Crippen molar-refractivity contribution in [2.24, 2.45) is 0 Å². The van der Waals surface area contributed by atoms with E-state index in [9.17, 15) is 34.5 Å². The summed E-state index contributed by atoms with van der Waals surface area (Å²) < 4.78 is 74.6. The summed E-state index contributed by atoms with van der Waals surface area (Å²) >= 11 is 6.21. The highest BCUT2D eigenvalue weighted by molar-refractivity contribution is 8.45. The number of halogens is 6. The van der Waals surface area contributed by atoms with E-state index in [-0.39, 0.29) is 35.1 Å². The molecule has 1 aliphatic rings. The molecule has 2 N–H and O–H groups in total. The van der Waals surface area contributed by atoms with E-state index < -0.39 is 40.3 Å². The van der Waals surface area contributed by atoms with E-state index in [1.165, 1.54) is 13.0 Å². The van der Waals surface area contributed by atoms with Crippen molar-refractivity contribution in [3.63, 3.8) is 0 Å². The summed E-state index contributed by atoms with van der Waals surface area (Å²) in [5, 5.41) is 21.6. The van der Waals surface area contributed by atoms with Gasteiger partial charge in [-0.2, -0.15) is 5.26 Å². The summed E-state index contributed by atoms with van der Waals surface area (Å²) in [7, 11) is -11.1. The Labute approximate surface area is 184 Å². The first-order chi connectivity index (χ1) is 14.5. The normalized spacial score (nSPS) is 17.4. The lowest BCUT2D eigenvalue weighted by molar-refractivity contribution is 0.0901. The minimum Gasteiger partial charge on any atom is -0.488 e. The van der Waals surface area contributed by atoms with Crippen molar-refractivity contribution in [1.82, 2.24) is 5.32 Å². The van der Waals surface area contributed by atoms with Crippen molar-refractivity contribution in [3.05, 3.63) is 52.5 Å². The molecule has 1 unspecified atom stereocenters. The Bertz CT molecular complexity index is 1130. The quantitative estimate of drug-likeness (QED) is 0.459. The molecule has 14 heteroatoms. The first-order valence-electron chi connectivity index (χ1n) is 8.85. The average molecular weight is 497 g/mol. The Hall–Kier alpha value is -2.53. The Morgan fingerprint density at radius 1 is 1.28 bits per heavy atom. The fraction of sp³-hybridized carbons (Fsp3) is 0.222. The minimum absolute atomic E-state index is 0.0608. The molecule has 2 aromatic carbocycles. The summed E-state index contributed by atoms with van der Waals surface area (Å²) in [6.07, 6.45) is 0. The molecule has 1 amide bonds. The molecule has 1 atom stereocenters. The lowest BCUT2D eigenvalue weighted by atomic mass is 9.79. The smallest absolute Gasteiger partial charge is 0.488 e. The van der Waals surface area contributed by atoms with Crippen molar-refractivity contribution >= 4 is 40.3 Å². The maximum Gasteiger partial charge on any atom is 0.493 e. The predicted octanol–water partition coefficient (Wildman–Crippen LogP) is 4.31. The number of carbonyl (C=O) groups is 1. The van der Waals surface area contributed by atoms with Crippen LogP contribution in [0.3, 0.4) is 0 Å². The Morgan fingerprint density at radius 2 is 1.91 bits per heavy atom. The number of nitrogens with zero attached hydrogens (tertiary/aromatic N) is 1. The third-order valence-electron chi connectivity index (χ3n) is 4.59. The Kier molecular flexibility index (Phi) is 5.46. The van der Waals surface area contributed by atoms with Gasteiger partial charge in [-0.25, -0.2) is 0 Å². The number of nitrogens with one attached hydrogen (secondary N) is 1. The second-order valence-corrected chi connectivity index (χ2v) is 10.1. The highest BCUT2D eigenvalue weighted by atomic mass is 35.5. The predicted molar refractivity (Wildman–Crippen MR) is 109 cm³/mol. The molecule has 0 saturated heterocycles. The molecule has 2 aromatic rings. The second-order valence-electron chi connectivity index (χ2n) is 7.29. The van der Waals surface area contributed by atoms with Crippen LogP contribution in [0.2, 0.25) is 5.02 Å². The standard InChI is InChI=1S/C18H15BClF5N2O4S/c1-18(9-26,10-30-14-7-4-12-8-31-19(29)15(12)16(14)20)27-17(28)11-2-5-13(6-3-11)32(21,22,23,24)25/h2-7,29H,8,10H2,1H3,(H,27,28). The molecule has 0 saturated carbocycles. The summed E-state index contributed by atoms with van der Waals surface area (Å²) in [6, 6.07) is 6.28. The van der Waals surface area contributed by atoms with Crippen molar-refractivity contribution in [2.75, 3.05) is 6.61 Å². The summed E-state index contributed by atoms with van der Waals surface area (Å²) in [6.45, 7) is 1.02. The fourth-order valence-electron chi connectivity index (χ4n) is 2.87. The van der Waals surface area contributed by atoms with E-state index in [0.717, 1.165) is 0 Å². The van der Waals surface area contributed by atoms with E-state index in [0.29, 0.717) is 23.2 Å². The first-order valence-corrected chi connectivity index (χ1v) is 11.2. The number of hydrogen-bond acceptors (Lipinski definition) is 5. The van der Waals surface area contributed by atoms with Crippen LogP contribution in [0.15, 0.2) is 41.3 Å². The summed E-state index contributed by atoms with van der Waals surface area (Å²) in [4.78, 5) is 10.2. The van der Waals surface area contributed by atoms with Crippen LogP contribution in [0, 0.1) is 11.3 Å². The van der Waals surface area contributed by atoms with Gasteiger partial charge in [0.2, 0.25) is 0 Å². The third-order valence-corrected chi connectivity index (χ3v) is 6.15. The van der Waals surface area contributed by atoms with Crippen LogP contribution < -0.4 is 15.5 Å². The second kappa shape index (κ2) is 7.24. The molecule has 6 nitrogen and oxygen atoms in total. The molecule has 0 spiro atoms. The molecule has 172 valence electrons. The van der Waals surface area contributed by atoms with Gasteiger partial charge in [-0.15, -0.1) is 0 Å². The molecule has 0 bridgehead atoms. The number of hydrogen-bond donors (Lipinski definition) is 2. The molecular formula is C18H15BClF5N2O4S. The van der Waals surface area contributed by atoms with E-state index in [1.807, 2.05) is 6.07 Å². The zero-order valence-corrected chi connectivity index (χ0v) is 17.8. The number of benzene rings is 2. The van der Waals surface area contributed by atoms with Gasteiger partial charge in [-0.1, -0.05) is 37.1 Å². The topological polar surface area (TPSA) is 91.6 Å². The van der Waals surface area contributed by atoms with Gasteiger partial charge in [0.05, 0.1) is 17.7 Å². The number of carbonyl (C=O) groups excluding carboxylic acids is 1. The van der Waals surface area contributed by atoms with Crippen molar-refractivity contribution in [1.29, 1.82) is 5.26 Å². The van der Waals surface area contributed by atoms with Crippen LogP contribution in [0.1, 0.15) is 22.8 Å². The van der Waals surface area contributed by atoms with Crippen molar-refractivity contribution < 1.29 is 38.6 Å². The molecule has 1 aliphatic heterocycles. The number of nitriles is 1. The van der Waals surface area contributed by atoms with Gasteiger partial charge in [0, 0.05) is 11.0 Å². The number of fused-ring (bicyclic) bond motifs is 1. The van der Waals surface area contributed by atoms with Crippen LogP contribution in [-0.4, -0.2) is 30.2 Å². The molecule has 0 aromatic heterocycles. The van der Waals surface area contributed by atoms with Crippen LogP contribution in [0.25, 0.3) is 0 Å². The van der Waals surface area contributed by atoms with Crippen molar-refractivity contribution in [3.8, 4) is 11.8 Å². The van der Waals surface area contributed by atoms with E-state index in [4.69, 9.17) is 21.0 Å². The highest BCUT2D eigenvalue weighted by Gasteiger charge is 2.65. The molecule has 3 rings (SSSR count). The maximum atomic E-state index is 12.8. The third kappa shape index (κ3) is 5.10. The van der Waals surface area contributed by atoms with E-state index in [1.54, 1.807) is 6.07 Å². The molecule has 0 fully saturated rings. The van der Waals surface area contributed by atoms with Gasteiger partial charge in [0.15, 0.2) is 5.54 Å². The van der Waals surface area contributed by atoms with Gasteiger partial charge in [-0.05, 0) is 42.8 Å². The number of rotatable bonds is 6. The maximum absolute atomic E-state index is 12.8. The van der Waals surface area contributed by atoms with Gasteiger partial charge < -0.3 is 19.7 Å². The molecule has 1 heterocycles. The van der Waals surface area contributed by atoms with Crippen LogP contribution >= 0.6 is 21.8 Å². The van der Waals surface area contributed by atoms with Crippen LogP contribution in [0.5, 0.6) is 5.75 Å². The lowest BCUT2D eigenvalue weighted by Crippen LogP contribution is -2.49. The average Bonchev–Trinajstić information content (AvgIpc) is 3.07. The molecule has 32 heavy (non-hydrogen) atoms. The summed E-state index contributed by atoms with van der Waals surface area (Å²) in [5.74, 6) is -0.874. The van der Waals surface area contributed by atoms with Gasteiger partial charge >= 0.3 is 17.3 Å². The zero-order chi connectivity index (χ0) is 24.0. The van der Waals surface area contributed by atoms with E-state index in [2.05, 4.69) is 5.32 Å². The zero-order valence-electron chi connectivity index (χ0n) is 16.3. The van der Waals surface area contributed by atoms with Crippen molar-refractivity contribution in [2.45, 2.75) is 24.0 Å². The van der Waals surface area contributed by atoms with Crippen LogP contribution in [0.4, 0.5) is 19.4 Å². The Balaban J connectivity index is 1.73. The molecule has 0 aliphatic carbocycles. The molecular weight excluding hydrogens is 482 g/mol. The SMILES string of the molecule is CC(C#N)(COc1ccc2c(c1Cl)B(O)OC2)NC(=O)c1ccc(S(F)(F)(F)(F)F)cc1. The lowest BCUT2D eigenvalue weighted by Gasteiger charge is -2.40. The number of amides is 1. The monoisotopic (exact) mass is 496 g/mol. The minimum atomic E-state index is -9.87. The van der Waals surface area contributed by atoms with Gasteiger partial charge in [-0.3, -0.25) is 4.79 Å². The van der Waals surface area contributed by atoms with E-state index >= 15 is 0 Å². The van der Waals surface area contributed by atoms with Crippen LogP contribution in [-0.2, 0) is 11.3 Å². The Morgan fingerprint density at radius 3 is 2.47 bits per heavy atom. The molecule has 0 radical (unpaired) electrons. The summed E-state index contributed by atoms with van der Waals surface area (Å²) in [5.41, 5.74) is -1.06. The fourth-order valence-corrected chi connectivity index (χ4v) is 3.86.